The lowest BCUT2D eigenvalue weighted by Gasteiger charge is -2.10. The van der Waals surface area contributed by atoms with Gasteiger partial charge in [0.1, 0.15) is 0 Å². The molecule has 2 N–H and O–H groups in total. The highest BCUT2D eigenvalue weighted by atomic mass is 16.5. The van der Waals surface area contributed by atoms with Crippen molar-refractivity contribution in [3.63, 3.8) is 0 Å². The molecule has 0 unspecified atom stereocenters. The van der Waals surface area contributed by atoms with Gasteiger partial charge in [-0.25, -0.2) is 0 Å². The van der Waals surface area contributed by atoms with Gasteiger partial charge in [-0.3, -0.25) is 0 Å². The van der Waals surface area contributed by atoms with Crippen LogP contribution in [0.1, 0.15) is 0 Å². The summed E-state index contributed by atoms with van der Waals surface area (Å²) >= 11 is 0. The van der Waals surface area contributed by atoms with Gasteiger partial charge in [0, 0.05) is 19.1 Å². The lowest BCUT2D eigenvalue weighted by atomic mass is 10.1. The van der Waals surface area contributed by atoms with Crippen molar-refractivity contribution in [3.8, 4) is 0 Å². The molecule has 0 radical (unpaired) electrons. The van der Waals surface area contributed by atoms with Crippen LogP contribution in [0.15, 0.2) is 0 Å². The van der Waals surface area contributed by atoms with Gasteiger partial charge in [0.05, 0.1) is 19.8 Å². The largest absolute Gasteiger partial charge is 0.384 e. The molecular formula is C6H13NO2. The molecule has 0 bridgehead atoms. The summed E-state index contributed by atoms with van der Waals surface area (Å²) in [5, 5.41) is 0. The minimum Gasteiger partial charge on any atom is -0.384 e. The van der Waals surface area contributed by atoms with Crippen LogP contribution in [0, 0.1) is 5.92 Å². The third-order valence-electron chi connectivity index (χ3n) is 1.63. The Morgan fingerprint density at radius 2 is 2.44 bits per heavy atom. The van der Waals surface area contributed by atoms with Crippen LogP contribution >= 0.6 is 0 Å². The second-order valence-corrected chi connectivity index (χ2v) is 2.42. The molecule has 54 valence electrons. The summed E-state index contributed by atoms with van der Waals surface area (Å²) in [6, 6.07) is 0.185. The molecule has 1 saturated heterocycles. The molecule has 0 saturated carbocycles. The molecule has 3 heteroatoms. The average molecular weight is 131 g/mol. The standard InChI is InChI=1S/C6H13NO2/c1-8-2-5-3-9-4-6(5)7/h5-6H,2-4,7H2,1H3/t5-,6-/m1/s1. The molecule has 2 atom stereocenters. The quantitative estimate of drug-likeness (QED) is 0.555. The van der Waals surface area contributed by atoms with Crippen molar-refractivity contribution >= 4 is 0 Å². The van der Waals surface area contributed by atoms with E-state index in [1.165, 1.54) is 0 Å². The fourth-order valence-electron chi connectivity index (χ4n) is 1.00. The van der Waals surface area contributed by atoms with Crippen LogP contribution in [0.2, 0.25) is 0 Å². The highest BCUT2D eigenvalue weighted by Gasteiger charge is 2.23. The molecule has 0 spiro atoms. The Bertz CT molecular complexity index is 87.1. The van der Waals surface area contributed by atoms with Crippen molar-refractivity contribution in [2.75, 3.05) is 26.9 Å². The lowest BCUT2D eigenvalue weighted by molar-refractivity contribution is 0.128. The summed E-state index contributed by atoms with van der Waals surface area (Å²) < 4.78 is 10.1. The van der Waals surface area contributed by atoms with Crippen LogP contribution in [0.25, 0.3) is 0 Å². The van der Waals surface area contributed by atoms with Crippen molar-refractivity contribution in [1.29, 1.82) is 0 Å². The van der Waals surface area contributed by atoms with Crippen LogP contribution in [0.3, 0.4) is 0 Å². The molecule has 3 nitrogen and oxygen atoms in total. The van der Waals surface area contributed by atoms with Crippen LogP contribution in [-0.2, 0) is 9.47 Å². The monoisotopic (exact) mass is 131 g/mol. The summed E-state index contributed by atoms with van der Waals surface area (Å²) in [6.45, 7) is 2.17. The maximum absolute atomic E-state index is 5.66. The van der Waals surface area contributed by atoms with Crippen molar-refractivity contribution in [3.05, 3.63) is 0 Å². The summed E-state index contributed by atoms with van der Waals surface area (Å²) in [7, 11) is 1.69. The fraction of sp³-hybridized carbons (Fsp3) is 1.00. The molecule has 0 amide bonds. The van der Waals surface area contributed by atoms with E-state index in [4.69, 9.17) is 15.2 Å². The lowest BCUT2D eigenvalue weighted by Crippen LogP contribution is -2.31. The first-order valence-electron chi connectivity index (χ1n) is 3.17. The third-order valence-corrected chi connectivity index (χ3v) is 1.63. The fourth-order valence-corrected chi connectivity index (χ4v) is 1.00. The number of hydrogen-bond acceptors (Lipinski definition) is 3. The molecule has 0 aromatic heterocycles. The van der Waals surface area contributed by atoms with Gasteiger partial charge in [0.15, 0.2) is 0 Å². The highest BCUT2D eigenvalue weighted by Crippen LogP contribution is 2.10. The summed E-state index contributed by atoms with van der Waals surface area (Å²) in [6.07, 6.45) is 0. The number of rotatable bonds is 2. The Labute approximate surface area is 55.1 Å². The first kappa shape index (κ1) is 6.99. The van der Waals surface area contributed by atoms with Gasteiger partial charge >= 0.3 is 0 Å². The Kier molecular flexibility index (Phi) is 2.45. The maximum Gasteiger partial charge on any atom is 0.0622 e. The molecule has 9 heavy (non-hydrogen) atoms. The molecule has 1 aliphatic heterocycles. The van der Waals surface area contributed by atoms with Crippen LogP contribution in [-0.4, -0.2) is 33.0 Å². The van der Waals surface area contributed by atoms with Gasteiger partial charge in [-0.1, -0.05) is 0 Å². The van der Waals surface area contributed by atoms with Gasteiger partial charge < -0.3 is 15.2 Å². The predicted octanol–water partition coefficient (Wildman–Crippen LogP) is -0.393. The first-order valence-corrected chi connectivity index (χ1v) is 3.17. The predicted molar refractivity (Wildman–Crippen MR) is 34.2 cm³/mol. The second-order valence-electron chi connectivity index (χ2n) is 2.42. The molecule has 1 aliphatic rings. The second kappa shape index (κ2) is 3.15. The Hall–Kier alpha value is -0.120. The topological polar surface area (TPSA) is 44.5 Å². The van der Waals surface area contributed by atoms with Gasteiger partial charge in [-0.05, 0) is 0 Å². The van der Waals surface area contributed by atoms with Crippen molar-refractivity contribution in [2.45, 2.75) is 6.04 Å². The van der Waals surface area contributed by atoms with E-state index in [1.54, 1.807) is 7.11 Å². The molecule has 1 rings (SSSR count). The zero-order valence-electron chi connectivity index (χ0n) is 5.67. The number of nitrogens with two attached hydrogens (primary N) is 1. The van der Waals surface area contributed by atoms with Crippen LogP contribution < -0.4 is 5.73 Å². The van der Waals surface area contributed by atoms with E-state index in [0.717, 1.165) is 13.2 Å². The maximum atomic E-state index is 5.66. The molecule has 0 aliphatic carbocycles. The average Bonchev–Trinajstić information content (AvgIpc) is 2.18. The molecule has 0 aromatic carbocycles. The van der Waals surface area contributed by atoms with Crippen molar-refractivity contribution in [1.82, 2.24) is 0 Å². The minimum atomic E-state index is 0.185. The summed E-state index contributed by atoms with van der Waals surface area (Å²) in [5.41, 5.74) is 5.66. The summed E-state index contributed by atoms with van der Waals surface area (Å²) in [5.74, 6) is 0.412. The molecular weight excluding hydrogens is 118 g/mol. The van der Waals surface area contributed by atoms with Crippen LogP contribution in [0.4, 0.5) is 0 Å². The third kappa shape index (κ3) is 1.64. The van der Waals surface area contributed by atoms with E-state index in [1.807, 2.05) is 0 Å². The zero-order valence-corrected chi connectivity index (χ0v) is 5.67. The minimum absolute atomic E-state index is 0.185. The summed E-state index contributed by atoms with van der Waals surface area (Å²) in [4.78, 5) is 0. The smallest absolute Gasteiger partial charge is 0.0622 e. The van der Waals surface area contributed by atoms with E-state index >= 15 is 0 Å². The van der Waals surface area contributed by atoms with Crippen LogP contribution in [0.5, 0.6) is 0 Å². The van der Waals surface area contributed by atoms with Gasteiger partial charge in [-0.15, -0.1) is 0 Å². The Balaban J connectivity index is 2.22. The number of methoxy groups -OCH3 is 1. The zero-order chi connectivity index (χ0) is 6.69. The number of hydrogen-bond donors (Lipinski definition) is 1. The van der Waals surface area contributed by atoms with Crippen molar-refractivity contribution < 1.29 is 9.47 Å². The molecule has 0 aromatic rings. The Morgan fingerprint density at radius 1 is 1.67 bits per heavy atom. The number of ether oxygens (including phenoxy) is 2. The van der Waals surface area contributed by atoms with E-state index in [-0.39, 0.29) is 6.04 Å². The first-order chi connectivity index (χ1) is 4.34. The molecule has 1 fully saturated rings. The van der Waals surface area contributed by atoms with E-state index in [0.29, 0.717) is 12.5 Å². The van der Waals surface area contributed by atoms with Crippen molar-refractivity contribution in [2.24, 2.45) is 11.7 Å². The Morgan fingerprint density at radius 3 is 2.89 bits per heavy atom. The van der Waals surface area contributed by atoms with Gasteiger partial charge in [0.25, 0.3) is 0 Å². The normalized spacial score (nSPS) is 35.3. The van der Waals surface area contributed by atoms with Gasteiger partial charge in [-0.2, -0.15) is 0 Å². The van der Waals surface area contributed by atoms with E-state index < -0.39 is 0 Å². The van der Waals surface area contributed by atoms with Gasteiger partial charge in [0.2, 0.25) is 0 Å². The highest BCUT2D eigenvalue weighted by molar-refractivity contribution is 4.77. The SMILES string of the molecule is COC[C@@H]1COC[C@H]1N. The van der Waals surface area contributed by atoms with E-state index in [2.05, 4.69) is 0 Å². The molecule has 1 heterocycles. The van der Waals surface area contributed by atoms with E-state index in [9.17, 15) is 0 Å².